The highest BCUT2D eigenvalue weighted by atomic mass is 79.9. The van der Waals surface area contributed by atoms with E-state index < -0.39 is 16.7 Å². The summed E-state index contributed by atoms with van der Waals surface area (Å²) in [6, 6.07) is 19.0. The van der Waals surface area contributed by atoms with E-state index in [1.807, 2.05) is 42.5 Å². The van der Waals surface area contributed by atoms with E-state index in [1.54, 1.807) is 19.1 Å². The van der Waals surface area contributed by atoms with Crippen molar-refractivity contribution in [1.82, 2.24) is 5.32 Å². The molecule has 2 saturated carbocycles. The summed E-state index contributed by atoms with van der Waals surface area (Å²) in [5, 5.41) is 13.4. The first-order valence-corrected chi connectivity index (χ1v) is 11.3. The molecule has 0 spiro atoms. The lowest BCUT2D eigenvalue weighted by atomic mass is 9.86. The molecule has 0 bridgehead atoms. The Labute approximate surface area is 185 Å². The Balaban J connectivity index is 1.76. The lowest BCUT2D eigenvalue weighted by Crippen LogP contribution is -2.43. The molecule has 0 aromatic heterocycles. The third-order valence-corrected chi connectivity index (χ3v) is 7.40. The lowest BCUT2D eigenvalue weighted by Gasteiger charge is -2.25. The number of hydrogen-bond donors (Lipinski definition) is 1. The molecule has 4 rings (SSSR count). The summed E-state index contributed by atoms with van der Waals surface area (Å²) in [6.07, 6.45) is 5.20. The summed E-state index contributed by atoms with van der Waals surface area (Å²) in [7, 11) is 0. The minimum absolute atomic E-state index is 0.0799. The minimum atomic E-state index is -1.42. The van der Waals surface area contributed by atoms with E-state index in [4.69, 9.17) is 0 Å². The van der Waals surface area contributed by atoms with Gasteiger partial charge in [-0.15, -0.1) is 0 Å². The molecule has 2 aromatic carbocycles. The molecule has 0 heterocycles. The molecule has 1 N–H and O–H groups in total. The molecule has 2 aliphatic rings. The van der Waals surface area contributed by atoms with E-state index in [9.17, 15) is 14.9 Å². The summed E-state index contributed by atoms with van der Waals surface area (Å²) in [5.41, 5.74) is -1.18. The molecular weight excluding hydrogens is 440 g/mol. The van der Waals surface area contributed by atoms with Gasteiger partial charge in [-0.25, -0.2) is 0 Å². The van der Waals surface area contributed by atoms with Gasteiger partial charge in [0.15, 0.2) is 11.2 Å². The van der Waals surface area contributed by atoms with E-state index in [0.29, 0.717) is 5.56 Å². The van der Waals surface area contributed by atoms with Crippen molar-refractivity contribution >= 4 is 27.6 Å². The number of halogens is 1. The highest BCUT2D eigenvalue weighted by Crippen LogP contribution is 2.75. The topological polar surface area (TPSA) is 70.0 Å². The molecule has 2 aliphatic carbocycles. The fourth-order valence-corrected chi connectivity index (χ4v) is 5.65. The Hall–Kier alpha value is -2.45. The number of hydrogen-bond acceptors (Lipinski definition) is 3. The van der Waals surface area contributed by atoms with E-state index in [1.165, 1.54) is 6.42 Å². The van der Waals surface area contributed by atoms with Gasteiger partial charge in [0.1, 0.15) is 0 Å². The lowest BCUT2D eigenvalue weighted by molar-refractivity contribution is -0.126. The summed E-state index contributed by atoms with van der Waals surface area (Å²) in [4.78, 5) is 27.2. The molecule has 4 nitrogen and oxygen atoms in total. The maximum Gasteiger partial charge on any atom is 0.242 e. The average molecular weight is 465 g/mol. The minimum Gasteiger partial charge on any atom is -0.352 e. The Morgan fingerprint density at radius 3 is 2.40 bits per heavy atom. The Kier molecular flexibility index (Phi) is 5.55. The van der Waals surface area contributed by atoms with Crippen LogP contribution in [0.2, 0.25) is 0 Å². The summed E-state index contributed by atoms with van der Waals surface area (Å²) in [6.45, 7) is 1.78. The average Bonchev–Trinajstić information content (AvgIpc) is 3.35. The van der Waals surface area contributed by atoms with Crippen molar-refractivity contribution in [3.63, 3.8) is 0 Å². The SMILES string of the molecule is C[C@]1(C(=O)c2ccccc2)[C@@H](c2cccc(Br)c2)[C@]1(C#N)C(=O)NC1CCCCC1. The normalized spacial score (nSPS) is 28.4. The summed E-state index contributed by atoms with van der Waals surface area (Å²) in [5.74, 6) is -0.967. The first-order valence-electron chi connectivity index (χ1n) is 10.5. The van der Waals surface area contributed by atoms with Crippen LogP contribution >= 0.6 is 15.9 Å². The van der Waals surface area contributed by atoms with Crippen molar-refractivity contribution in [2.24, 2.45) is 10.8 Å². The third-order valence-electron chi connectivity index (χ3n) is 6.91. The maximum atomic E-state index is 13.6. The van der Waals surface area contributed by atoms with Crippen LogP contribution in [-0.2, 0) is 4.79 Å². The van der Waals surface area contributed by atoms with Crippen molar-refractivity contribution < 1.29 is 9.59 Å². The molecule has 0 saturated heterocycles. The number of Topliss-reactive ketones (excluding diaryl/α,β-unsaturated/α-hetero) is 1. The van der Waals surface area contributed by atoms with Crippen LogP contribution in [-0.4, -0.2) is 17.7 Å². The van der Waals surface area contributed by atoms with Gasteiger partial charge >= 0.3 is 0 Å². The number of nitrogens with zero attached hydrogens (tertiary/aromatic N) is 1. The molecule has 0 aliphatic heterocycles. The van der Waals surface area contributed by atoms with Gasteiger partial charge in [-0.1, -0.05) is 77.7 Å². The molecule has 3 atom stereocenters. The molecule has 5 heteroatoms. The second kappa shape index (κ2) is 8.00. The Morgan fingerprint density at radius 2 is 1.77 bits per heavy atom. The number of carbonyl (C=O) groups excluding carboxylic acids is 2. The van der Waals surface area contributed by atoms with Gasteiger partial charge in [0, 0.05) is 22.0 Å². The van der Waals surface area contributed by atoms with Crippen molar-refractivity contribution in [3.05, 3.63) is 70.2 Å². The molecule has 2 fully saturated rings. The van der Waals surface area contributed by atoms with Crippen LogP contribution in [0.4, 0.5) is 0 Å². The van der Waals surface area contributed by atoms with Crippen molar-refractivity contribution in [2.75, 3.05) is 0 Å². The van der Waals surface area contributed by atoms with Crippen LogP contribution in [0.1, 0.15) is 60.9 Å². The summed E-state index contributed by atoms with van der Waals surface area (Å²) < 4.78 is 0.862. The fourth-order valence-electron chi connectivity index (χ4n) is 5.23. The van der Waals surface area contributed by atoms with Gasteiger partial charge in [-0.2, -0.15) is 5.26 Å². The van der Waals surface area contributed by atoms with Crippen molar-refractivity contribution in [3.8, 4) is 6.07 Å². The molecule has 154 valence electrons. The highest BCUT2D eigenvalue weighted by Gasteiger charge is 2.82. The number of ketones is 1. The quantitative estimate of drug-likeness (QED) is 0.602. The van der Waals surface area contributed by atoms with Gasteiger partial charge < -0.3 is 5.32 Å². The number of rotatable bonds is 5. The number of nitrogens with one attached hydrogen (secondary N) is 1. The molecule has 2 aromatic rings. The Bertz CT molecular complexity index is 1010. The highest BCUT2D eigenvalue weighted by molar-refractivity contribution is 9.10. The van der Waals surface area contributed by atoms with E-state index in [-0.39, 0.29) is 17.7 Å². The standard InChI is InChI=1S/C25H25BrN2O2/c1-24(22(29)17-9-4-2-5-10-17)21(18-11-8-12-19(26)15-18)25(24,16-27)23(30)28-20-13-6-3-7-14-20/h2,4-5,8-12,15,20-21H,3,6-7,13-14H2,1H3,(H,28,30)/t21-,24-,25-/m1/s1. The van der Waals surface area contributed by atoms with Crippen LogP contribution in [0, 0.1) is 22.2 Å². The van der Waals surface area contributed by atoms with Crippen LogP contribution in [0.15, 0.2) is 59.1 Å². The zero-order chi connectivity index (χ0) is 21.4. The second-order valence-corrected chi connectivity index (χ2v) is 9.53. The first-order chi connectivity index (χ1) is 14.4. The number of benzene rings is 2. The van der Waals surface area contributed by atoms with Gasteiger partial charge in [0.25, 0.3) is 0 Å². The zero-order valence-corrected chi connectivity index (χ0v) is 18.6. The predicted molar refractivity (Wildman–Crippen MR) is 119 cm³/mol. The van der Waals surface area contributed by atoms with Gasteiger partial charge in [-0.05, 0) is 37.5 Å². The van der Waals surface area contributed by atoms with Crippen LogP contribution < -0.4 is 5.32 Å². The maximum absolute atomic E-state index is 13.6. The number of nitriles is 1. The molecule has 1 amide bonds. The van der Waals surface area contributed by atoms with E-state index in [0.717, 1.165) is 35.7 Å². The van der Waals surface area contributed by atoms with Crippen LogP contribution in [0.3, 0.4) is 0 Å². The molecule has 30 heavy (non-hydrogen) atoms. The van der Waals surface area contributed by atoms with Crippen LogP contribution in [0.5, 0.6) is 0 Å². The monoisotopic (exact) mass is 464 g/mol. The number of carbonyl (C=O) groups is 2. The fraction of sp³-hybridized carbons (Fsp3) is 0.400. The largest absolute Gasteiger partial charge is 0.352 e. The predicted octanol–water partition coefficient (Wildman–Crippen LogP) is 5.39. The van der Waals surface area contributed by atoms with Gasteiger partial charge in [-0.3, -0.25) is 9.59 Å². The first kappa shape index (κ1) is 20.8. The van der Waals surface area contributed by atoms with Crippen LogP contribution in [0.25, 0.3) is 0 Å². The van der Waals surface area contributed by atoms with Crippen molar-refractivity contribution in [1.29, 1.82) is 5.26 Å². The third kappa shape index (κ3) is 3.18. The second-order valence-electron chi connectivity index (χ2n) is 8.61. The molecule has 0 radical (unpaired) electrons. The zero-order valence-electron chi connectivity index (χ0n) is 17.0. The van der Waals surface area contributed by atoms with Crippen molar-refractivity contribution in [2.45, 2.75) is 51.0 Å². The smallest absolute Gasteiger partial charge is 0.242 e. The number of amides is 1. The Morgan fingerprint density at radius 1 is 1.07 bits per heavy atom. The van der Waals surface area contributed by atoms with E-state index >= 15 is 0 Å². The van der Waals surface area contributed by atoms with Gasteiger partial charge in [0.05, 0.1) is 11.5 Å². The van der Waals surface area contributed by atoms with E-state index in [2.05, 4.69) is 27.3 Å². The van der Waals surface area contributed by atoms with Gasteiger partial charge in [0.2, 0.25) is 5.91 Å². The molecular formula is C25H25BrN2O2. The molecule has 0 unspecified atom stereocenters. The summed E-state index contributed by atoms with van der Waals surface area (Å²) >= 11 is 3.49.